The molecule has 2 nitrogen and oxygen atoms in total. The van der Waals surface area contributed by atoms with Crippen LogP contribution in [0.5, 0.6) is 5.75 Å². The van der Waals surface area contributed by atoms with E-state index in [1.165, 1.54) is 4.70 Å². The highest BCUT2D eigenvalue weighted by atomic mass is 32.1. The van der Waals surface area contributed by atoms with E-state index in [4.69, 9.17) is 0 Å². The van der Waals surface area contributed by atoms with Crippen LogP contribution in [-0.2, 0) is 6.42 Å². The predicted molar refractivity (Wildman–Crippen MR) is 79.8 cm³/mol. The molecule has 0 fully saturated rings. The fourth-order valence-corrected chi connectivity index (χ4v) is 3.38. The number of hydrogen-bond donors (Lipinski definition) is 1. The number of benzene rings is 2. The van der Waals surface area contributed by atoms with Gasteiger partial charge in [-0.3, -0.25) is 0 Å². The Morgan fingerprint density at radius 2 is 1.84 bits per heavy atom. The summed E-state index contributed by atoms with van der Waals surface area (Å²) < 4.78 is 1.22. The van der Waals surface area contributed by atoms with Gasteiger partial charge in [0.2, 0.25) is 0 Å². The fraction of sp³-hybridized carbons (Fsp3) is 0.188. The number of hydrogen-bond acceptors (Lipinski definition) is 3. The zero-order valence-corrected chi connectivity index (χ0v) is 11.5. The van der Waals surface area contributed by atoms with Crippen LogP contribution in [0.2, 0.25) is 0 Å². The average Bonchev–Trinajstić information content (AvgIpc) is 2.81. The highest BCUT2D eigenvalue weighted by molar-refractivity contribution is 7.18. The molecule has 0 saturated heterocycles. The van der Waals surface area contributed by atoms with Gasteiger partial charge in [0.05, 0.1) is 15.2 Å². The number of phenols is 1. The molecule has 1 heterocycles. The molecule has 1 aromatic heterocycles. The molecule has 0 aliphatic rings. The first-order valence-electron chi connectivity index (χ1n) is 6.36. The Labute approximate surface area is 116 Å². The number of phenolic OH excluding ortho intramolecular Hbond substituents is 1. The number of rotatable bonds is 3. The van der Waals surface area contributed by atoms with E-state index in [0.717, 1.165) is 22.5 Å². The third kappa shape index (κ3) is 2.47. The van der Waals surface area contributed by atoms with E-state index >= 15 is 0 Å². The molecule has 1 N–H and O–H groups in total. The molecule has 0 bridgehead atoms. The Bertz CT molecular complexity index is 672. The van der Waals surface area contributed by atoms with Crippen molar-refractivity contribution in [2.75, 3.05) is 0 Å². The first-order chi connectivity index (χ1) is 9.24. The lowest BCUT2D eigenvalue weighted by Crippen LogP contribution is -1.98. The standard InChI is InChI=1S/C16H15NOS/c1-11(12-6-2-4-8-14(12)18)10-16-17-13-7-3-5-9-15(13)19-16/h2-9,11,18H,10H2,1H3. The smallest absolute Gasteiger partial charge is 0.119 e. The largest absolute Gasteiger partial charge is 0.508 e. The van der Waals surface area contributed by atoms with Crippen LogP contribution in [0.3, 0.4) is 0 Å². The Morgan fingerprint density at radius 3 is 2.63 bits per heavy atom. The van der Waals surface area contributed by atoms with Gasteiger partial charge >= 0.3 is 0 Å². The molecular weight excluding hydrogens is 254 g/mol. The monoisotopic (exact) mass is 269 g/mol. The molecule has 3 aromatic rings. The molecule has 0 amide bonds. The highest BCUT2D eigenvalue weighted by Crippen LogP contribution is 2.30. The Hall–Kier alpha value is -1.87. The van der Waals surface area contributed by atoms with Gasteiger partial charge in [-0.1, -0.05) is 37.3 Å². The van der Waals surface area contributed by atoms with Crippen molar-refractivity contribution < 1.29 is 5.11 Å². The quantitative estimate of drug-likeness (QED) is 0.767. The topological polar surface area (TPSA) is 33.1 Å². The normalized spacial score (nSPS) is 12.7. The third-order valence-electron chi connectivity index (χ3n) is 3.29. The molecule has 3 heteroatoms. The van der Waals surface area contributed by atoms with Crippen LogP contribution in [0, 0.1) is 0 Å². The zero-order valence-electron chi connectivity index (χ0n) is 10.7. The Balaban J connectivity index is 1.86. The summed E-state index contributed by atoms with van der Waals surface area (Å²) in [6.07, 6.45) is 0.858. The van der Waals surface area contributed by atoms with Gasteiger partial charge in [-0.25, -0.2) is 4.98 Å². The van der Waals surface area contributed by atoms with E-state index in [-0.39, 0.29) is 5.92 Å². The molecule has 3 rings (SSSR count). The van der Waals surface area contributed by atoms with E-state index in [9.17, 15) is 5.11 Å². The molecule has 0 aliphatic carbocycles. The molecule has 96 valence electrons. The summed E-state index contributed by atoms with van der Waals surface area (Å²) in [4.78, 5) is 4.64. The predicted octanol–water partition coefficient (Wildman–Crippen LogP) is 4.35. The number of para-hydroxylation sites is 2. The van der Waals surface area contributed by atoms with Crippen molar-refractivity contribution in [3.8, 4) is 5.75 Å². The first-order valence-corrected chi connectivity index (χ1v) is 7.18. The van der Waals surface area contributed by atoms with Crippen LogP contribution in [0.15, 0.2) is 48.5 Å². The molecule has 19 heavy (non-hydrogen) atoms. The van der Waals surface area contributed by atoms with Crippen molar-refractivity contribution in [3.05, 3.63) is 59.1 Å². The molecule has 0 aliphatic heterocycles. The van der Waals surface area contributed by atoms with Crippen LogP contribution in [0.1, 0.15) is 23.4 Å². The lowest BCUT2D eigenvalue weighted by Gasteiger charge is -2.11. The molecular formula is C16H15NOS. The molecule has 0 radical (unpaired) electrons. The maximum atomic E-state index is 9.88. The van der Waals surface area contributed by atoms with Crippen molar-refractivity contribution >= 4 is 21.6 Å². The highest BCUT2D eigenvalue weighted by Gasteiger charge is 2.13. The average molecular weight is 269 g/mol. The third-order valence-corrected chi connectivity index (χ3v) is 4.35. The van der Waals surface area contributed by atoms with E-state index in [0.29, 0.717) is 5.75 Å². The first kappa shape index (κ1) is 12.2. The fourth-order valence-electron chi connectivity index (χ4n) is 2.28. The second kappa shape index (κ2) is 5.02. The molecule has 1 unspecified atom stereocenters. The van der Waals surface area contributed by atoms with Crippen molar-refractivity contribution in [1.82, 2.24) is 4.98 Å². The molecule has 0 saturated carbocycles. The van der Waals surface area contributed by atoms with Crippen LogP contribution in [0.4, 0.5) is 0 Å². The van der Waals surface area contributed by atoms with E-state index in [1.807, 2.05) is 36.4 Å². The van der Waals surface area contributed by atoms with Crippen LogP contribution < -0.4 is 0 Å². The summed E-state index contributed by atoms with van der Waals surface area (Å²) in [7, 11) is 0. The van der Waals surface area contributed by atoms with Crippen LogP contribution in [-0.4, -0.2) is 10.1 Å². The minimum Gasteiger partial charge on any atom is -0.508 e. The zero-order chi connectivity index (χ0) is 13.2. The van der Waals surface area contributed by atoms with Gasteiger partial charge in [-0.2, -0.15) is 0 Å². The van der Waals surface area contributed by atoms with Gasteiger partial charge in [0.25, 0.3) is 0 Å². The van der Waals surface area contributed by atoms with Gasteiger partial charge in [-0.15, -0.1) is 11.3 Å². The lowest BCUT2D eigenvalue weighted by molar-refractivity contribution is 0.462. The summed E-state index contributed by atoms with van der Waals surface area (Å²) >= 11 is 1.73. The summed E-state index contributed by atoms with van der Waals surface area (Å²) in [5.41, 5.74) is 2.05. The van der Waals surface area contributed by atoms with E-state index < -0.39 is 0 Å². The van der Waals surface area contributed by atoms with Crippen molar-refractivity contribution in [3.63, 3.8) is 0 Å². The number of fused-ring (bicyclic) bond motifs is 1. The Morgan fingerprint density at radius 1 is 1.11 bits per heavy atom. The van der Waals surface area contributed by atoms with Gasteiger partial charge in [0.1, 0.15) is 5.75 Å². The van der Waals surface area contributed by atoms with Gasteiger partial charge in [0.15, 0.2) is 0 Å². The number of thiazole rings is 1. The lowest BCUT2D eigenvalue weighted by atomic mass is 9.97. The molecule has 1 atom stereocenters. The molecule has 2 aromatic carbocycles. The minimum absolute atomic E-state index is 0.266. The van der Waals surface area contributed by atoms with E-state index in [2.05, 4.69) is 18.0 Å². The SMILES string of the molecule is CC(Cc1nc2ccccc2s1)c1ccccc1O. The van der Waals surface area contributed by atoms with Gasteiger partial charge < -0.3 is 5.11 Å². The number of aromatic hydroxyl groups is 1. The van der Waals surface area contributed by atoms with Gasteiger partial charge in [0, 0.05) is 6.42 Å². The van der Waals surface area contributed by atoms with Crippen molar-refractivity contribution in [1.29, 1.82) is 0 Å². The summed E-state index contributed by atoms with van der Waals surface area (Å²) in [5.74, 6) is 0.637. The minimum atomic E-state index is 0.266. The van der Waals surface area contributed by atoms with Crippen LogP contribution in [0.25, 0.3) is 10.2 Å². The van der Waals surface area contributed by atoms with Crippen molar-refractivity contribution in [2.45, 2.75) is 19.3 Å². The second-order valence-corrected chi connectivity index (χ2v) is 5.85. The van der Waals surface area contributed by atoms with E-state index in [1.54, 1.807) is 17.4 Å². The maximum absolute atomic E-state index is 9.88. The Kier molecular flexibility index (Phi) is 3.22. The summed E-state index contributed by atoms with van der Waals surface area (Å²) in [5, 5.41) is 11.0. The summed E-state index contributed by atoms with van der Waals surface area (Å²) in [6.45, 7) is 2.13. The van der Waals surface area contributed by atoms with Crippen molar-refractivity contribution in [2.24, 2.45) is 0 Å². The van der Waals surface area contributed by atoms with Gasteiger partial charge in [-0.05, 0) is 29.7 Å². The van der Waals surface area contributed by atoms with Crippen LogP contribution >= 0.6 is 11.3 Å². The number of nitrogens with zero attached hydrogens (tertiary/aromatic N) is 1. The second-order valence-electron chi connectivity index (χ2n) is 4.74. The molecule has 0 spiro atoms. The maximum Gasteiger partial charge on any atom is 0.119 e. The summed E-state index contributed by atoms with van der Waals surface area (Å²) in [6, 6.07) is 15.7. The number of aromatic nitrogens is 1.